The molecule has 0 saturated carbocycles. The number of nitrogens with zero attached hydrogens (tertiary/aromatic N) is 4. The van der Waals surface area contributed by atoms with Crippen molar-refractivity contribution in [1.82, 2.24) is 9.97 Å². The molecule has 0 saturated heterocycles. The smallest absolute Gasteiger partial charge is 0.365 e. The second-order valence-corrected chi connectivity index (χ2v) is 10.4. The number of carbonyl (C=O) groups is 2. The number of benzene rings is 1. The van der Waals surface area contributed by atoms with Gasteiger partial charge in [0, 0.05) is 47.3 Å². The molecule has 0 radical (unpaired) electrons. The number of aromatic nitrogens is 2. The van der Waals surface area contributed by atoms with Gasteiger partial charge < -0.3 is 24.9 Å². The summed E-state index contributed by atoms with van der Waals surface area (Å²) in [6.45, 7) is 6.02. The normalized spacial score (nSPS) is 11.9. The van der Waals surface area contributed by atoms with Crippen molar-refractivity contribution < 1.29 is 23.9 Å². The van der Waals surface area contributed by atoms with E-state index in [1.54, 1.807) is 41.7 Å². The van der Waals surface area contributed by atoms with E-state index in [0.29, 0.717) is 42.3 Å². The minimum Gasteiger partial charge on any atom is -0.493 e. The van der Waals surface area contributed by atoms with E-state index in [2.05, 4.69) is 21.8 Å². The number of anilines is 3. The van der Waals surface area contributed by atoms with E-state index in [9.17, 15) is 9.59 Å². The standard InChI is InChI=1S/C30H32N6O5S/c1-4-13-35(5-2)25-9-8-19(26(34-25)30(38)39-3)20-17-24-22(27-18(10-14-40-24)11-15-42-27)16-21(20)29(37)41-36(32)28-23(31)7-6-12-33-28/h6-9,11-12,15-17H,4-5,10,13-14,31-32H2,1-3H3. The lowest BCUT2D eigenvalue weighted by Gasteiger charge is -2.23. The number of esters is 1. The second-order valence-electron chi connectivity index (χ2n) is 9.53. The molecular weight excluding hydrogens is 556 g/mol. The Morgan fingerprint density at radius 1 is 1.10 bits per heavy atom. The van der Waals surface area contributed by atoms with Crippen LogP contribution in [0.5, 0.6) is 5.75 Å². The van der Waals surface area contributed by atoms with Gasteiger partial charge in [-0.1, -0.05) is 6.92 Å². The number of pyridine rings is 2. The van der Waals surface area contributed by atoms with Crippen molar-refractivity contribution in [1.29, 1.82) is 0 Å². The molecule has 0 aliphatic carbocycles. The third-order valence-corrected chi connectivity index (χ3v) is 7.91. The van der Waals surface area contributed by atoms with Crippen molar-refractivity contribution in [3.63, 3.8) is 0 Å². The highest BCUT2D eigenvalue weighted by Crippen LogP contribution is 2.43. The van der Waals surface area contributed by atoms with Gasteiger partial charge in [0.2, 0.25) is 5.82 Å². The number of nitrogens with two attached hydrogens (primary N) is 2. The zero-order valence-corrected chi connectivity index (χ0v) is 24.4. The van der Waals surface area contributed by atoms with E-state index in [1.807, 2.05) is 24.4 Å². The van der Waals surface area contributed by atoms with Crippen molar-refractivity contribution in [3.05, 3.63) is 70.9 Å². The minimum absolute atomic E-state index is 0.0579. The van der Waals surface area contributed by atoms with Crippen molar-refractivity contribution in [2.75, 3.05) is 42.6 Å². The first-order valence-electron chi connectivity index (χ1n) is 13.6. The summed E-state index contributed by atoms with van der Waals surface area (Å²) < 4.78 is 11.3. The third-order valence-electron chi connectivity index (χ3n) is 6.92. The predicted octanol–water partition coefficient (Wildman–Crippen LogP) is 4.86. The molecule has 1 aliphatic rings. The summed E-state index contributed by atoms with van der Waals surface area (Å²) in [5.74, 6) is 5.91. The molecule has 218 valence electrons. The second kappa shape index (κ2) is 12.5. The molecule has 3 aromatic heterocycles. The number of thiophene rings is 1. The topological polar surface area (TPSA) is 146 Å². The molecule has 12 heteroatoms. The van der Waals surface area contributed by atoms with E-state index in [0.717, 1.165) is 34.1 Å². The zero-order valence-electron chi connectivity index (χ0n) is 23.6. The molecule has 1 aromatic carbocycles. The van der Waals surface area contributed by atoms with Crippen LogP contribution in [0.4, 0.5) is 17.3 Å². The fourth-order valence-corrected chi connectivity index (χ4v) is 5.86. The van der Waals surface area contributed by atoms with Gasteiger partial charge in [-0.15, -0.1) is 16.5 Å². The maximum atomic E-state index is 13.8. The number of carbonyl (C=O) groups excluding carboxylic acids is 2. The molecule has 0 bridgehead atoms. The van der Waals surface area contributed by atoms with E-state index < -0.39 is 11.9 Å². The number of hydrogen-bond donors (Lipinski definition) is 2. The number of ether oxygens (including phenoxy) is 2. The van der Waals surface area contributed by atoms with Gasteiger partial charge in [0.1, 0.15) is 11.6 Å². The first-order valence-corrected chi connectivity index (χ1v) is 14.4. The van der Waals surface area contributed by atoms with Crippen LogP contribution >= 0.6 is 11.3 Å². The van der Waals surface area contributed by atoms with Gasteiger partial charge >= 0.3 is 11.9 Å². The lowest BCUT2D eigenvalue weighted by molar-refractivity contribution is 0.0447. The molecule has 4 heterocycles. The van der Waals surface area contributed by atoms with Crippen LogP contribution in [0.3, 0.4) is 0 Å². The Balaban J connectivity index is 1.68. The number of hydrazine groups is 1. The SMILES string of the molecule is CCCN(CC)c1ccc(-c2cc3c(cc2C(=O)ON(N)c2ncccc2N)-c2sccc2CCO3)c(C(=O)OC)n1. The Morgan fingerprint density at radius 2 is 1.93 bits per heavy atom. The largest absolute Gasteiger partial charge is 0.493 e. The molecule has 0 spiro atoms. The van der Waals surface area contributed by atoms with E-state index in [4.69, 9.17) is 25.9 Å². The fraction of sp³-hybridized carbons (Fsp3) is 0.267. The predicted molar refractivity (Wildman–Crippen MR) is 162 cm³/mol. The highest BCUT2D eigenvalue weighted by molar-refractivity contribution is 7.13. The highest BCUT2D eigenvalue weighted by atomic mass is 32.1. The van der Waals surface area contributed by atoms with Gasteiger partial charge in [-0.3, -0.25) is 0 Å². The van der Waals surface area contributed by atoms with Crippen LogP contribution in [0.25, 0.3) is 21.6 Å². The summed E-state index contributed by atoms with van der Waals surface area (Å²) in [7, 11) is 1.29. The summed E-state index contributed by atoms with van der Waals surface area (Å²) in [4.78, 5) is 44.3. The van der Waals surface area contributed by atoms with Gasteiger partial charge in [0.25, 0.3) is 0 Å². The Bertz CT molecular complexity index is 1620. The highest BCUT2D eigenvalue weighted by Gasteiger charge is 2.28. The fourth-order valence-electron chi connectivity index (χ4n) is 4.88. The van der Waals surface area contributed by atoms with Crippen molar-refractivity contribution >= 4 is 40.6 Å². The summed E-state index contributed by atoms with van der Waals surface area (Å²) >= 11 is 1.55. The van der Waals surface area contributed by atoms with Crippen molar-refractivity contribution in [2.45, 2.75) is 26.7 Å². The first-order chi connectivity index (χ1) is 20.4. The van der Waals surface area contributed by atoms with Gasteiger partial charge in [-0.05, 0) is 66.8 Å². The summed E-state index contributed by atoms with van der Waals surface area (Å²) in [6, 6.07) is 12.3. The average molecular weight is 589 g/mol. The van der Waals surface area contributed by atoms with Crippen LogP contribution in [-0.2, 0) is 16.0 Å². The van der Waals surface area contributed by atoms with Crippen LogP contribution in [0.2, 0.25) is 0 Å². The Morgan fingerprint density at radius 3 is 2.67 bits per heavy atom. The first kappa shape index (κ1) is 28.8. The molecule has 4 N–H and O–H groups in total. The molecule has 1 aliphatic heterocycles. The van der Waals surface area contributed by atoms with Gasteiger partial charge in [0.05, 0.1) is 25.0 Å². The molecule has 11 nitrogen and oxygen atoms in total. The molecule has 42 heavy (non-hydrogen) atoms. The van der Waals surface area contributed by atoms with Crippen molar-refractivity contribution in [2.24, 2.45) is 5.84 Å². The number of fused-ring (bicyclic) bond motifs is 3. The number of nitrogen functional groups attached to an aromatic ring is 1. The van der Waals surface area contributed by atoms with Crippen LogP contribution in [0.1, 0.15) is 46.7 Å². The average Bonchev–Trinajstić information content (AvgIpc) is 3.40. The van der Waals surface area contributed by atoms with Crippen molar-refractivity contribution in [3.8, 4) is 27.3 Å². The summed E-state index contributed by atoms with van der Waals surface area (Å²) in [6.07, 6.45) is 3.10. The maximum Gasteiger partial charge on any atom is 0.365 e. The molecule has 0 amide bonds. The zero-order chi connectivity index (χ0) is 29.8. The van der Waals surface area contributed by atoms with Crippen LogP contribution in [0, 0.1) is 0 Å². The lowest BCUT2D eigenvalue weighted by atomic mass is 9.94. The van der Waals surface area contributed by atoms with Gasteiger partial charge in [-0.2, -0.15) is 0 Å². The van der Waals surface area contributed by atoms with E-state index in [-0.39, 0.29) is 22.8 Å². The maximum absolute atomic E-state index is 13.8. The van der Waals surface area contributed by atoms with Crippen LogP contribution in [-0.4, -0.2) is 48.7 Å². The Kier molecular flexibility index (Phi) is 8.55. The van der Waals surface area contributed by atoms with E-state index in [1.165, 1.54) is 13.3 Å². The Labute approximate surface area is 247 Å². The van der Waals surface area contributed by atoms with Gasteiger partial charge in [0.15, 0.2) is 5.69 Å². The summed E-state index contributed by atoms with van der Waals surface area (Å²) in [5.41, 5.74) is 9.03. The molecule has 4 aromatic rings. The molecule has 5 rings (SSSR count). The lowest BCUT2D eigenvalue weighted by Crippen LogP contribution is -2.35. The molecule has 0 fully saturated rings. The summed E-state index contributed by atoms with van der Waals surface area (Å²) in [5, 5.41) is 2.73. The Hall–Kier alpha value is -4.68. The van der Waals surface area contributed by atoms with E-state index >= 15 is 0 Å². The monoisotopic (exact) mass is 588 g/mol. The quantitative estimate of drug-likeness (QED) is 0.157. The van der Waals surface area contributed by atoms with Crippen LogP contribution < -0.4 is 26.4 Å². The molecule has 0 atom stereocenters. The third kappa shape index (κ3) is 5.58. The minimum atomic E-state index is -0.788. The molecule has 0 unspecified atom stereocenters. The molecular formula is C30H32N6O5S. The number of rotatable bonds is 9. The van der Waals surface area contributed by atoms with Gasteiger partial charge in [-0.25, -0.2) is 25.4 Å². The van der Waals surface area contributed by atoms with Crippen LogP contribution in [0.15, 0.2) is 54.0 Å². The number of hydrogen-bond acceptors (Lipinski definition) is 12. The number of methoxy groups -OCH3 is 1.